The Morgan fingerprint density at radius 3 is 2.53 bits per heavy atom. The van der Waals surface area contributed by atoms with E-state index in [4.69, 9.17) is 14.7 Å². The predicted octanol–water partition coefficient (Wildman–Crippen LogP) is 5.61. The molecule has 5 aliphatic rings. The summed E-state index contributed by atoms with van der Waals surface area (Å²) in [7, 11) is 0. The molecule has 10 nitrogen and oxygen atoms in total. The first kappa shape index (κ1) is 31.0. The number of likely N-dealkylation sites (tertiary alicyclic amines) is 2. The van der Waals surface area contributed by atoms with Gasteiger partial charge in [-0.05, 0) is 82.8 Å². The zero-order chi connectivity index (χ0) is 33.4. The minimum Gasteiger partial charge on any atom is -0.378 e. The summed E-state index contributed by atoms with van der Waals surface area (Å²) < 4.78 is 36.4. The second-order valence-electron chi connectivity index (χ2n) is 14.8. The van der Waals surface area contributed by atoms with Crippen LogP contribution in [0.25, 0.3) is 22.3 Å². The van der Waals surface area contributed by atoms with Crippen LogP contribution in [0.15, 0.2) is 49.1 Å². The molecule has 0 radical (unpaired) electrons. The van der Waals surface area contributed by atoms with Crippen LogP contribution in [0.2, 0.25) is 0 Å². The van der Waals surface area contributed by atoms with Crippen molar-refractivity contribution in [3.63, 3.8) is 0 Å². The number of piperidine rings is 1. The third-order valence-corrected chi connectivity index (χ3v) is 11.8. The molecule has 12 heteroatoms. The molecule has 4 fully saturated rings. The quantitative estimate of drug-likeness (QED) is 0.272. The van der Waals surface area contributed by atoms with E-state index >= 15 is 0 Å². The first-order chi connectivity index (χ1) is 23.8. The van der Waals surface area contributed by atoms with Crippen LogP contribution in [0.3, 0.4) is 0 Å². The van der Waals surface area contributed by atoms with Gasteiger partial charge in [0.1, 0.15) is 11.7 Å². The summed E-state index contributed by atoms with van der Waals surface area (Å²) in [6.45, 7) is 8.70. The maximum Gasteiger partial charge on any atom is 0.238 e. The Labute approximate surface area is 284 Å². The molecular weight excluding hydrogens is 626 g/mol. The molecule has 9 rings (SSSR count). The first-order valence-electron chi connectivity index (χ1n) is 17.7. The monoisotopic (exact) mass is 668 g/mol. The number of benzene rings is 1. The van der Waals surface area contributed by atoms with E-state index < -0.39 is 17.4 Å². The number of alkyl halides is 1. The lowest BCUT2D eigenvalue weighted by Gasteiger charge is -2.47. The summed E-state index contributed by atoms with van der Waals surface area (Å²) >= 11 is 0. The lowest BCUT2D eigenvalue weighted by Crippen LogP contribution is -2.59. The van der Waals surface area contributed by atoms with Gasteiger partial charge in [-0.1, -0.05) is 12.1 Å². The highest BCUT2D eigenvalue weighted by Crippen LogP contribution is 2.52. The number of carbonyl (C=O) groups excluding carboxylic acids is 1. The highest BCUT2D eigenvalue weighted by molar-refractivity contribution is 6.09. The molecule has 1 atom stereocenters. The number of pyridine rings is 2. The Bertz CT molecular complexity index is 1910. The fraction of sp³-hybridized carbons (Fsp3) is 0.514. The van der Waals surface area contributed by atoms with E-state index in [9.17, 15) is 13.6 Å². The summed E-state index contributed by atoms with van der Waals surface area (Å²) in [4.78, 5) is 35.2. The molecule has 7 heterocycles. The minimum absolute atomic E-state index is 0.0756. The molecule has 49 heavy (non-hydrogen) atoms. The Balaban J connectivity index is 1.10. The molecule has 0 unspecified atom stereocenters. The van der Waals surface area contributed by atoms with E-state index in [2.05, 4.69) is 57.0 Å². The van der Waals surface area contributed by atoms with Crippen LogP contribution in [0.5, 0.6) is 0 Å². The molecule has 1 saturated carbocycles. The Morgan fingerprint density at radius 2 is 1.84 bits per heavy atom. The van der Waals surface area contributed by atoms with Crippen LogP contribution in [0.4, 0.5) is 26.0 Å². The normalized spacial score (nSPS) is 25.7. The van der Waals surface area contributed by atoms with Gasteiger partial charge in [-0.15, -0.1) is 0 Å². The Hall–Kier alpha value is -4.00. The number of imidazole rings is 1. The number of amides is 1. The standard InChI is InChI=1S/C37H42F2N8O2/c1-22(2)46-21-41-32-16-31(43-35(34(32)46)42-30-5-9-40-17-29(30)39)23-3-4-28-33(13-23)47(26-14-25(15-26)45-10-6-24(38)18-45)36(48)37(28)7-11-44(12-8-37)27-19-49-20-27/h3-5,9,13,16-17,21-22,24-27H,6-8,10-12,14-15,18-20H2,1-2H3,(H,40,42,43)/t24-,25?,26?/m0/s1. The number of carbonyl (C=O) groups is 1. The molecule has 1 N–H and O–H groups in total. The predicted molar refractivity (Wildman–Crippen MR) is 183 cm³/mol. The van der Waals surface area contributed by atoms with E-state index in [-0.39, 0.29) is 23.7 Å². The van der Waals surface area contributed by atoms with Gasteiger partial charge in [0.25, 0.3) is 0 Å². The Morgan fingerprint density at radius 1 is 1.02 bits per heavy atom. The van der Waals surface area contributed by atoms with Gasteiger partial charge in [-0.25, -0.2) is 18.7 Å². The molecule has 1 spiro atoms. The zero-order valence-electron chi connectivity index (χ0n) is 28.0. The zero-order valence-corrected chi connectivity index (χ0v) is 28.0. The van der Waals surface area contributed by atoms with Gasteiger partial charge in [-0.2, -0.15) is 0 Å². The van der Waals surface area contributed by atoms with Crippen LogP contribution in [0, 0.1) is 5.82 Å². The van der Waals surface area contributed by atoms with Gasteiger partial charge in [0, 0.05) is 48.7 Å². The highest BCUT2D eigenvalue weighted by Gasteiger charge is 2.56. The second kappa shape index (κ2) is 11.8. The Kier molecular flexibility index (Phi) is 7.47. The molecule has 4 aliphatic heterocycles. The number of aromatic nitrogens is 4. The van der Waals surface area contributed by atoms with Crippen molar-refractivity contribution in [1.82, 2.24) is 29.3 Å². The average molecular weight is 669 g/mol. The number of nitrogens with zero attached hydrogens (tertiary/aromatic N) is 7. The topological polar surface area (TPSA) is 91.7 Å². The van der Waals surface area contributed by atoms with E-state index in [0.29, 0.717) is 36.6 Å². The number of anilines is 3. The lowest BCUT2D eigenvalue weighted by molar-refractivity contribution is -0.128. The number of hydrogen-bond acceptors (Lipinski definition) is 8. The molecule has 3 saturated heterocycles. The number of hydrogen-bond donors (Lipinski definition) is 1. The maximum absolute atomic E-state index is 14.8. The van der Waals surface area contributed by atoms with Crippen LogP contribution >= 0.6 is 0 Å². The third-order valence-electron chi connectivity index (χ3n) is 11.8. The third kappa shape index (κ3) is 5.05. The number of fused-ring (bicyclic) bond motifs is 3. The van der Waals surface area contributed by atoms with Gasteiger partial charge in [0.15, 0.2) is 11.6 Å². The summed E-state index contributed by atoms with van der Waals surface area (Å²) in [5.74, 6) is 0.229. The fourth-order valence-corrected chi connectivity index (χ4v) is 8.73. The minimum atomic E-state index is -0.753. The SMILES string of the molecule is CC(C)n1cnc2cc(-c3ccc4c(c3)N(C3CC(N5CC[C@H](F)C5)C3)C(=O)C43CCN(C4COC4)CC3)nc(Nc3ccncc3F)c21. The first-order valence-corrected chi connectivity index (χ1v) is 17.7. The molecule has 4 aromatic rings. The van der Waals surface area contributed by atoms with Gasteiger partial charge >= 0.3 is 0 Å². The van der Waals surface area contributed by atoms with Gasteiger partial charge in [0.05, 0.1) is 54.1 Å². The van der Waals surface area contributed by atoms with Crippen molar-refractivity contribution in [2.45, 2.75) is 81.7 Å². The summed E-state index contributed by atoms with van der Waals surface area (Å²) in [6.07, 6.45) is 7.62. The van der Waals surface area contributed by atoms with Crippen LogP contribution < -0.4 is 10.2 Å². The van der Waals surface area contributed by atoms with Crippen molar-refractivity contribution < 1.29 is 18.3 Å². The average Bonchev–Trinajstić information content (AvgIpc) is 3.74. The fourth-order valence-electron chi connectivity index (χ4n) is 8.73. The van der Waals surface area contributed by atoms with Gasteiger partial charge in [0.2, 0.25) is 5.91 Å². The van der Waals surface area contributed by atoms with Crippen molar-refractivity contribution >= 4 is 34.1 Å². The number of nitrogens with one attached hydrogen (secondary N) is 1. The molecule has 3 aromatic heterocycles. The van der Waals surface area contributed by atoms with Crippen molar-refractivity contribution in [1.29, 1.82) is 0 Å². The number of halogens is 2. The summed E-state index contributed by atoms with van der Waals surface area (Å²) in [5.41, 5.74) is 4.86. The number of rotatable bonds is 7. The van der Waals surface area contributed by atoms with Crippen molar-refractivity contribution in [3.8, 4) is 11.3 Å². The summed E-state index contributed by atoms with van der Waals surface area (Å²) in [5, 5.41) is 3.22. The van der Waals surface area contributed by atoms with E-state index in [1.165, 1.54) is 6.20 Å². The number of ether oxygens (including phenoxy) is 1. The smallest absolute Gasteiger partial charge is 0.238 e. The van der Waals surface area contributed by atoms with Crippen LogP contribution in [-0.2, 0) is 14.9 Å². The summed E-state index contributed by atoms with van der Waals surface area (Å²) in [6, 6.07) is 10.8. The van der Waals surface area contributed by atoms with Crippen molar-refractivity contribution in [3.05, 3.63) is 60.4 Å². The molecule has 1 amide bonds. The van der Waals surface area contributed by atoms with Crippen LogP contribution in [0.1, 0.15) is 57.6 Å². The van der Waals surface area contributed by atoms with E-state index in [1.54, 1.807) is 18.6 Å². The largest absolute Gasteiger partial charge is 0.378 e. The second-order valence-corrected chi connectivity index (χ2v) is 14.8. The van der Waals surface area contributed by atoms with E-state index in [0.717, 1.165) is 86.4 Å². The molecule has 1 aromatic carbocycles. The molecule has 256 valence electrons. The lowest BCUT2D eigenvalue weighted by atomic mass is 9.73. The van der Waals surface area contributed by atoms with Crippen LogP contribution in [-0.4, -0.2) is 98.9 Å². The molecule has 0 bridgehead atoms. The van der Waals surface area contributed by atoms with Gasteiger partial charge in [-0.3, -0.25) is 19.6 Å². The van der Waals surface area contributed by atoms with E-state index in [1.807, 2.05) is 10.6 Å². The maximum atomic E-state index is 14.8. The molecule has 1 aliphatic carbocycles. The van der Waals surface area contributed by atoms with Crippen molar-refractivity contribution in [2.75, 3.05) is 49.6 Å². The molecular formula is C37H42F2N8O2. The van der Waals surface area contributed by atoms with Gasteiger partial charge < -0.3 is 19.5 Å². The highest BCUT2D eigenvalue weighted by atomic mass is 19.1. The van der Waals surface area contributed by atoms with Crippen molar-refractivity contribution in [2.24, 2.45) is 0 Å².